The first-order chi connectivity index (χ1) is 8.66. The Labute approximate surface area is 109 Å². The van der Waals surface area contributed by atoms with Crippen molar-refractivity contribution in [2.24, 2.45) is 7.05 Å². The predicted octanol–water partition coefficient (Wildman–Crippen LogP) is 2.37. The Morgan fingerprint density at radius 1 is 1.28 bits per heavy atom. The molecule has 0 spiro atoms. The van der Waals surface area contributed by atoms with Crippen molar-refractivity contribution in [2.75, 3.05) is 6.54 Å². The van der Waals surface area contributed by atoms with Crippen LogP contribution in [0.2, 0.25) is 0 Å². The molecule has 3 heteroatoms. The van der Waals surface area contributed by atoms with Gasteiger partial charge in [0.15, 0.2) is 0 Å². The lowest BCUT2D eigenvalue weighted by atomic mass is 10.0. The Morgan fingerprint density at radius 3 is 2.83 bits per heavy atom. The number of aryl methyl sites for hydroxylation is 2. The fourth-order valence-corrected chi connectivity index (χ4v) is 2.06. The third-order valence-electron chi connectivity index (χ3n) is 3.38. The second kappa shape index (κ2) is 5.83. The average molecular weight is 243 g/mol. The summed E-state index contributed by atoms with van der Waals surface area (Å²) in [5, 5.41) is 7.66. The predicted molar refractivity (Wildman–Crippen MR) is 74.5 cm³/mol. The Hall–Kier alpha value is -1.61. The maximum atomic E-state index is 4.17. The van der Waals surface area contributed by atoms with Gasteiger partial charge in [0.2, 0.25) is 0 Å². The molecule has 0 bridgehead atoms. The molecule has 1 heterocycles. The van der Waals surface area contributed by atoms with E-state index in [9.17, 15) is 0 Å². The van der Waals surface area contributed by atoms with Gasteiger partial charge in [-0.3, -0.25) is 4.68 Å². The monoisotopic (exact) mass is 243 g/mol. The van der Waals surface area contributed by atoms with Crippen molar-refractivity contribution in [3.05, 3.63) is 52.8 Å². The number of benzene rings is 1. The van der Waals surface area contributed by atoms with E-state index >= 15 is 0 Å². The summed E-state index contributed by atoms with van der Waals surface area (Å²) in [6, 6.07) is 6.48. The van der Waals surface area contributed by atoms with Crippen LogP contribution in [0.25, 0.3) is 0 Å². The van der Waals surface area contributed by atoms with Gasteiger partial charge in [0.05, 0.1) is 6.20 Å². The summed E-state index contributed by atoms with van der Waals surface area (Å²) >= 11 is 0. The molecule has 3 nitrogen and oxygen atoms in total. The molecular weight excluding hydrogens is 222 g/mol. The van der Waals surface area contributed by atoms with Crippen molar-refractivity contribution in [1.29, 1.82) is 0 Å². The zero-order valence-corrected chi connectivity index (χ0v) is 11.4. The van der Waals surface area contributed by atoms with Gasteiger partial charge in [-0.15, -0.1) is 0 Å². The van der Waals surface area contributed by atoms with Crippen LogP contribution in [0, 0.1) is 13.8 Å². The Kier molecular flexibility index (Phi) is 4.15. The van der Waals surface area contributed by atoms with Crippen molar-refractivity contribution < 1.29 is 0 Å². The highest BCUT2D eigenvalue weighted by Gasteiger charge is 2.00. The van der Waals surface area contributed by atoms with Crippen LogP contribution in [0.3, 0.4) is 0 Å². The van der Waals surface area contributed by atoms with Gasteiger partial charge in [0, 0.05) is 19.8 Å². The van der Waals surface area contributed by atoms with Crippen LogP contribution in [-0.2, 0) is 20.0 Å². The first-order valence-corrected chi connectivity index (χ1v) is 6.40. The zero-order valence-electron chi connectivity index (χ0n) is 11.4. The molecule has 0 saturated heterocycles. The molecule has 0 saturated carbocycles. The van der Waals surface area contributed by atoms with Gasteiger partial charge in [-0.1, -0.05) is 18.2 Å². The van der Waals surface area contributed by atoms with Gasteiger partial charge in [-0.2, -0.15) is 5.10 Å². The van der Waals surface area contributed by atoms with Crippen LogP contribution in [0.1, 0.15) is 22.3 Å². The molecule has 1 aromatic carbocycles. The summed E-state index contributed by atoms with van der Waals surface area (Å²) in [6.07, 6.45) is 5.03. The van der Waals surface area contributed by atoms with Crippen LogP contribution < -0.4 is 5.32 Å². The Balaban J connectivity index is 1.80. The second-order valence-corrected chi connectivity index (χ2v) is 4.81. The third kappa shape index (κ3) is 3.20. The van der Waals surface area contributed by atoms with Gasteiger partial charge < -0.3 is 5.32 Å². The lowest BCUT2D eigenvalue weighted by molar-refractivity contribution is 0.683. The van der Waals surface area contributed by atoms with E-state index in [0.717, 1.165) is 19.5 Å². The minimum absolute atomic E-state index is 0.938. The van der Waals surface area contributed by atoms with Gasteiger partial charge in [0.1, 0.15) is 0 Å². The lowest BCUT2D eigenvalue weighted by Gasteiger charge is -2.09. The molecule has 0 atom stereocenters. The zero-order chi connectivity index (χ0) is 13.0. The number of rotatable bonds is 5. The largest absolute Gasteiger partial charge is 0.312 e. The minimum atomic E-state index is 0.938. The maximum absolute atomic E-state index is 4.17. The summed E-state index contributed by atoms with van der Waals surface area (Å²) in [5.41, 5.74) is 5.43. The number of aromatic nitrogens is 2. The molecule has 1 aromatic heterocycles. The molecule has 0 unspecified atom stereocenters. The van der Waals surface area contributed by atoms with Crippen LogP contribution in [0.4, 0.5) is 0 Å². The fraction of sp³-hybridized carbons (Fsp3) is 0.400. The van der Waals surface area contributed by atoms with E-state index in [1.54, 1.807) is 0 Å². The molecule has 0 aliphatic carbocycles. The summed E-state index contributed by atoms with van der Waals surface area (Å²) in [7, 11) is 1.95. The molecule has 0 fully saturated rings. The number of nitrogens with one attached hydrogen (secondary N) is 1. The molecular formula is C15H21N3. The molecule has 96 valence electrons. The lowest BCUT2D eigenvalue weighted by Crippen LogP contribution is -2.17. The highest BCUT2D eigenvalue weighted by atomic mass is 15.2. The van der Waals surface area contributed by atoms with Gasteiger partial charge in [-0.05, 0) is 49.1 Å². The van der Waals surface area contributed by atoms with Crippen molar-refractivity contribution in [1.82, 2.24) is 15.1 Å². The van der Waals surface area contributed by atoms with Crippen molar-refractivity contribution >= 4 is 0 Å². The summed E-state index contributed by atoms with van der Waals surface area (Å²) in [5.74, 6) is 0. The molecule has 0 aliphatic heterocycles. The van der Waals surface area contributed by atoms with E-state index in [4.69, 9.17) is 0 Å². The van der Waals surface area contributed by atoms with Gasteiger partial charge in [-0.25, -0.2) is 0 Å². The maximum Gasteiger partial charge on any atom is 0.0522 e. The SMILES string of the molecule is Cc1cccc(CNCCc2cnn(C)c2)c1C. The first-order valence-electron chi connectivity index (χ1n) is 6.40. The van der Waals surface area contributed by atoms with E-state index in [1.165, 1.54) is 22.3 Å². The smallest absolute Gasteiger partial charge is 0.0522 e. The molecule has 18 heavy (non-hydrogen) atoms. The highest BCUT2D eigenvalue weighted by Crippen LogP contribution is 2.12. The normalized spacial score (nSPS) is 10.8. The van der Waals surface area contributed by atoms with Crippen LogP contribution in [0.5, 0.6) is 0 Å². The quantitative estimate of drug-likeness (QED) is 0.817. The van der Waals surface area contributed by atoms with Crippen LogP contribution in [0.15, 0.2) is 30.6 Å². The van der Waals surface area contributed by atoms with Crippen molar-refractivity contribution in [3.63, 3.8) is 0 Å². The van der Waals surface area contributed by atoms with Crippen LogP contribution >= 0.6 is 0 Å². The van der Waals surface area contributed by atoms with Crippen molar-refractivity contribution in [3.8, 4) is 0 Å². The molecule has 0 aliphatic rings. The number of hydrogen-bond donors (Lipinski definition) is 1. The highest BCUT2D eigenvalue weighted by molar-refractivity contribution is 5.32. The third-order valence-corrected chi connectivity index (χ3v) is 3.38. The topological polar surface area (TPSA) is 29.9 Å². The molecule has 0 amide bonds. The Morgan fingerprint density at radius 2 is 2.11 bits per heavy atom. The van der Waals surface area contributed by atoms with Crippen LogP contribution in [-0.4, -0.2) is 16.3 Å². The van der Waals surface area contributed by atoms with E-state index in [-0.39, 0.29) is 0 Å². The van der Waals surface area contributed by atoms with E-state index < -0.39 is 0 Å². The minimum Gasteiger partial charge on any atom is -0.312 e. The standard InChI is InChI=1S/C15H21N3/c1-12-5-4-6-15(13(12)2)10-16-8-7-14-9-17-18(3)11-14/h4-6,9,11,16H,7-8,10H2,1-3H3. The average Bonchev–Trinajstić information content (AvgIpc) is 2.76. The van der Waals surface area contributed by atoms with Gasteiger partial charge in [0.25, 0.3) is 0 Å². The number of hydrogen-bond acceptors (Lipinski definition) is 2. The van der Waals surface area contributed by atoms with E-state index in [1.807, 2.05) is 17.9 Å². The van der Waals surface area contributed by atoms with E-state index in [0.29, 0.717) is 0 Å². The summed E-state index contributed by atoms with van der Waals surface area (Å²) in [4.78, 5) is 0. The first kappa shape index (κ1) is 12.8. The molecule has 2 rings (SSSR count). The van der Waals surface area contributed by atoms with Gasteiger partial charge >= 0.3 is 0 Å². The number of nitrogens with zero attached hydrogens (tertiary/aromatic N) is 2. The second-order valence-electron chi connectivity index (χ2n) is 4.81. The Bertz CT molecular complexity index is 514. The van der Waals surface area contributed by atoms with E-state index in [2.05, 4.69) is 48.7 Å². The fourth-order valence-electron chi connectivity index (χ4n) is 2.06. The summed E-state index contributed by atoms with van der Waals surface area (Å²) in [6.45, 7) is 6.27. The molecule has 0 radical (unpaired) electrons. The van der Waals surface area contributed by atoms with Crippen molar-refractivity contribution in [2.45, 2.75) is 26.8 Å². The molecule has 2 aromatic rings. The summed E-state index contributed by atoms with van der Waals surface area (Å²) < 4.78 is 1.85. The molecule has 1 N–H and O–H groups in total.